The van der Waals surface area contributed by atoms with Crippen molar-refractivity contribution in [2.24, 2.45) is 5.92 Å². The van der Waals surface area contributed by atoms with Crippen LogP contribution in [-0.4, -0.2) is 70.5 Å². The Balaban J connectivity index is 1.64. The van der Waals surface area contributed by atoms with E-state index in [1.54, 1.807) is 0 Å². The molecule has 1 aromatic heterocycles. The summed E-state index contributed by atoms with van der Waals surface area (Å²) < 4.78 is 12.8. The fourth-order valence-electron chi connectivity index (χ4n) is 6.13. The highest BCUT2D eigenvalue weighted by Crippen LogP contribution is 2.50. The SMILES string of the molecule is CC(C)C[C@H](CC(=O)[C@H](Cc1ccccc1)NC(=O)c1cnccn1)[B-]12OC[C@@H](C)[N+]1(C)[C@@H](C)C(=O)O2. The first kappa shape index (κ1) is 26.9. The molecule has 2 aliphatic heterocycles. The van der Waals surface area contributed by atoms with Crippen LogP contribution in [0.5, 0.6) is 0 Å². The Morgan fingerprint density at radius 1 is 1.19 bits per heavy atom. The zero-order chi connectivity index (χ0) is 26.8. The number of carbonyl (C=O) groups excluding carboxylic acids is 3. The van der Waals surface area contributed by atoms with E-state index in [9.17, 15) is 14.4 Å². The predicted molar refractivity (Wildman–Crippen MR) is 139 cm³/mol. The van der Waals surface area contributed by atoms with E-state index in [4.69, 9.17) is 9.31 Å². The lowest BCUT2D eigenvalue weighted by Gasteiger charge is -2.51. The van der Waals surface area contributed by atoms with E-state index in [1.807, 2.05) is 44.3 Å². The van der Waals surface area contributed by atoms with Gasteiger partial charge in [0.1, 0.15) is 11.7 Å². The maximum absolute atomic E-state index is 14.0. The van der Waals surface area contributed by atoms with Crippen molar-refractivity contribution in [3.05, 3.63) is 60.2 Å². The van der Waals surface area contributed by atoms with E-state index in [0.29, 0.717) is 23.8 Å². The molecule has 9 nitrogen and oxygen atoms in total. The Morgan fingerprint density at radius 2 is 1.92 bits per heavy atom. The van der Waals surface area contributed by atoms with Crippen LogP contribution < -0.4 is 5.32 Å². The highest BCUT2D eigenvalue weighted by atomic mass is 16.7. The molecule has 198 valence electrons. The molecule has 0 bridgehead atoms. The maximum Gasteiger partial charge on any atom is 0.531 e. The molecule has 0 spiro atoms. The van der Waals surface area contributed by atoms with Crippen molar-refractivity contribution in [2.45, 2.75) is 70.9 Å². The van der Waals surface area contributed by atoms with Crippen LogP contribution in [-0.2, 0) is 25.3 Å². The summed E-state index contributed by atoms with van der Waals surface area (Å²) in [5, 5.41) is 2.89. The number of hydrogen-bond donors (Lipinski definition) is 1. The summed E-state index contributed by atoms with van der Waals surface area (Å²) >= 11 is 0. The molecule has 2 saturated heterocycles. The monoisotopic (exact) mass is 508 g/mol. The van der Waals surface area contributed by atoms with Gasteiger partial charge in [0.2, 0.25) is 0 Å². The number of nitrogens with zero attached hydrogens (tertiary/aromatic N) is 3. The van der Waals surface area contributed by atoms with Gasteiger partial charge in [-0.3, -0.25) is 14.6 Å². The van der Waals surface area contributed by atoms with E-state index in [0.717, 1.165) is 5.56 Å². The van der Waals surface area contributed by atoms with Crippen LogP contribution in [0.2, 0.25) is 5.82 Å². The standard InChI is InChI=1S/C27H37BN4O5/c1-18(2)13-22(28-32(5,19(3)17-36-28)20(4)27(35)37-28)15-25(33)23(14-21-9-7-6-8-10-21)31-26(34)24-16-29-11-12-30-24/h6-12,16,18-20,22-23H,13-15,17H2,1-5H3,(H,31,34)/t19-,20+,22-,23+,28?,32?/m1/s1. The van der Waals surface area contributed by atoms with E-state index < -0.39 is 18.6 Å². The molecule has 0 aliphatic carbocycles. The van der Waals surface area contributed by atoms with Gasteiger partial charge in [-0.1, -0.05) is 50.6 Å². The summed E-state index contributed by atoms with van der Waals surface area (Å²) in [6.45, 7) is 6.48. The molecule has 37 heavy (non-hydrogen) atoms. The fraction of sp³-hybridized carbons (Fsp3) is 0.519. The molecule has 0 radical (unpaired) electrons. The van der Waals surface area contributed by atoms with E-state index in [-0.39, 0.29) is 47.7 Å². The predicted octanol–water partition coefficient (Wildman–Crippen LogP) is 2.94. The third-order valence-electron chi connectivity index (χ3n) is 8.37. The summed E-state index contributed by atoms with van der Waals surface area (Å²) in [5.41, 5.74) is 1.07. The molecular formula is C27H37BN4O5. The van der Waals surface area contributed by atoms with Gasteiger partial charge < -0.3 is 19.0 Å². The average Bonchev–Trinajstić information content (AvgIpc) is 3.25. The number of carbonyl (C=O) groups is 3. The van der Waals surface area contributed by atoms with Crippen molar-refractivity contribution in [1.29, 1.82) is 0 Å². The van der Waals surface area contributed by atoms with Gasteiger partial charge in [-0.2, -0.15) is 0 Å². The van der Waals surface area contributed by atoms with Crippen LogP contribution in [0.15, 0.2) is 48.9 Å². The van der Waals surface area contributed by atoms with E-state index in [2.05, 4.69) is 36.1 Å². The first-order valence-electron chi connectivity index (χ1n) is 13.1. The van der Waals surface area contributed by atoms with Crippen LogP contribution in [0.1, 0.15) is 56.6 Å². The Kier molecular flexibility index (Phi) is 7.80. The van der Waals surface area contributed by atoms with Gasteiger partial charge in [0.25, 0.3) is 5.91 Å². The van der Waals surface area contributed by atoms with Gasteiger partial charge in [0.05, 0.1) is 24.9 Å². The number of benzene rings is 1. The minimum Gasteiger partial charge on any atom is -0.610 e. The van der Waals surface area contributed by atoms with Crippen LogP contribution >= 0.6 is 0 Å². The molecule has 2 aliphatic rings. The zero-order valence-electron chi connectivity index (χ0n) is 22.3. The number of ketones is 1. The molecule has 1 aromatic carbocycles. The van der Waals surface area contributed by atoms with Gasteiger partial charge in [0, 0.05) is 19.4 Å². The van der Waals surface area contributed by atoms with Crippen molar-refractivity contribution < 1.29 is 28.1 Å². The molecule has 10 heteroatoms. The number of nitrogens with one attached hydrogen (secondary N) is 1. The number of rotatable bonds is 10. The Bertz CT molecular complexity index is 1130. The second-order valence-corrected chi connectivity index (χ2v) is 11.1. The maximum atomic E-state index is 14.0. The number of aromatic nitrogens is 2. The van der Waals surface area contributed by atoms with Gasteiger partial charge in [-0.05, 0) is 44.0 Å². The molecule has 4 rings (SSSR count). The van der Waals surface area contributed by atoms with Gasteiger partial charge >= 0.3 is 12.7 Å². The van der Waals surface area contributed by atoms with Gasteiger partial charge in [0.15, 0.2) is 5.78 Å². The van der Waals surface area contributed by atoms with E-state index >= 15 is 0 Å². The fourth-order valence-corrected chi connectivity index (χ4v) is 6.13. The quantitative estimate of drug-likeness (QED) is 0.492. The zero-order valence-corrected chi connectivity index (χ0v) is 22.3. The minimum absolute atomic E-state index is 0.0580. The molecule has 1 amide bonds. The van der Waals surface area contributed by atoms with Gasteiger partial charge in [-0.15, -0.1) is 0 Å². The van der Waals surface area contributed by atoms with Crippen LogP contribution in [0.3, 0.4) is 0 Å². The highest BCUT2D eigenvalue weighted by Gasteiger charge is 2.70. The lowest BCUT2D eigenvalue weighted by molar-refractivity contribution is -0.844. The second kappa shape index (κ2) is 10.7. The smallest absolute Gasteiger partial charge is 0.531 e. The topological polar surface area (TPSA) is 107 Å². The molecule has 2 aromatic rings. The van der Waals surface area contributed by atoms with Crippen molar-refractivity contribution >= 4 is 24.3 Å². The highest BCUT2D eigenvalue weighted by molar-refractivity contribution is 6.65. The lowest BCUT2D eigenvalue weighted by Crippen LogP contribution is -2.68. The number of Topliss-reactive ketones (excluding diaryl/α,β-unsaturated/α-hetero) is 1. The summed E-state index contributed by atoms with van der Waals surface area (Å²) in [7, 11) is 2.02. The molecule has 2 fully saturated rings. The molecule has 0 saturated carbocycles. The molecule has 1 N–H and O–H groups in total. The van der Waals surface area contributed by atoms with Crippen molar-refractivity contribution in [1.82, 2.24) is 15.3 Å². The number of likely N-dealkylation sites (N-methyl/N-ethyl adjacent to an activating group) is 1. The van der Waals surface area contributed by atoms with Crippen LogP contribution in [0, 0.1) is 5.92 Å². The van der Waals surface area contributed by atoms with Crippen molar-refractivity contribution in [2.75, 3.05) is 13.7 Å². The minimum atomic E-state index is -2.11. The number of amides is 1. The van der Waals surface area contributed by atoms with Crippen LogP contribution in [0.4, 0.5) is 0 Å². The molecule has 6 atom stereocenters. The Morgan fingerprint density at radius 3 is 2.57 bits per heavy atom. The molecular weight excluding hydrogens is 471 g/mol. The van der Waals surface area contributed by atoms with E-state index in [1.165, 1.54) is 18.6 Å². The second-order valence-electron chi connectivity index (χ2n) is 11.1. The number of hydrogen-bond acceptors (Lipinski definition) is 7. The van der Waals surface area contributed by atoms with Crippen molar-refractivity contribution in [3.8, 4) is 0 Å². The van der Waals surface area contributed by atoms with Crippen molar-refractivity contribution in [3.63, 3.8) is 0 Å². The summed E-state index contributed by atoms with van der Waals surface area (Å²) in [6.07, 6.45) is 5.41. The van der Waals surface area contributed by atoms with Gasteiger partial charge in [-0.25, -0.2) is 9.78 Å². The molecule has 3 heterocycles. The first-order chi connectivity index (χ1) is 17.6. The third kappa shape index (κ3) is 5.04. The average molecular weight is 508 g/mol. The third-order valence-corrected chi connectivity index (χ3v) is 8.37. The molecule has 2 unspecified atom stereocenters. The van der Waals surface area contributed by atoms with Crippen LogP contribution in [0.25, 0.3) is 0 Å². The Hall–Kier alpha value is -3.11. The number of fused-ring (bicyclic) bond motifs is 1. The summed E-state index contributed by atoms with van der Waals surface area (Å²) in [4.78, 5) is 47.8. The summed E-state index contributed by atoms with van der Waals surface area (Å²) in [6, 6.07) is 8.47. The largest absolute Gasteiger partial charge is 0.610 e. The number of quaternary nitrogens is 1. The summed E-state index contributed by atoms with van der Waals surface area (Å²) in [5.74, 6) is -0.944. The normalized spacial score (nSPS) is 28.4. The Labute approximate surface area is 218 Å². The first-order valence-corrected chi connectivity index (χ1v) is 13.1. The lowest BCUT2D eigenvalue weighted by atomic mass is 9.51.